The molecule has 1 aliphatic carbocycles. The first-order chi connectivity index (χ1) is 13.6. The molecular formula is C23H34N2O3. The summed E-state index contributed by atoms with van der Waals surface area (Å²) in [5.74, 6) is 0.187. The maximum absolute atomic E-state index is 11.8. The number of likely N-dealkylation sites (N-methyl/N-ethyl adjacent to an activating group) is 1. The van der Waals surface area contributed by atoms with Crippen LogP contribution in [0.2, 0.25) is 0 Å². The molecule has 1 aromatic carbocycles. The summed E-state index contributed by atoms with van der Waals surface area (Å²) in [5.41, 5.74) is 1.77. The second-order valence-electron chi connectivity index (χ2n) is 7.14. The summed E-state index contributed by atoms with van der Waals surface area (Å²) in [6.07, 6.45) is 6.60. The van der Waals surface area contributed by atoms with Crippen LogP contribution < -0.4 is 10.1 Å². The van der Waals surface area contributed by atoms with Crippen molar-refractivity contribution in [2.75, 3.05) is 19.6 Å². The number of hydrogen-bond donors (Lipinski definition) is 2. The van der Waals surface area contributed by atoms with E-state index in [0.717, 1.165) is 61.7 Å². The van der Waals surface area contributed by atoms with Gasteiger partial charge in [-0.2, -0.15) is 0 Å². The number of benzene rings is 1. The molecule has 5 nitrogen and oxygen atoms in total. The van der Waals surface area contributed by atoms with Gasteiger partial charge < -0.3 is 20.1 Å². The largest absolute Gasteiger partial charge is 0.481 e. The normalized spacial score (nSPS) is 16.5. The van der Waals surface area contributed by atoms with Crippen LogP contribution in [0.4, 0.5) is 0 Å². The molecule has 2 N–H and O–H groups in total. The van der Waals surface area contributed by atoms with Gasteiger partial charge in [0, 0.05) is 26.1 Å². The topological polar surface area (TPSA) is 61.8 Å². The first-order valence-electron chi connectivity index (χ1n) is 10.5. The molecule has 0 heterocycles. The summed E-state index contributed by atoms with van der Waals surface area (Å²) in [7, 11) is 0. The number of hydrogen-bond acceptors (Lipinski definition) is 4. The molecule has 2 rings (SSSR count). The van der Waals surface area contributed by atoms with Gasteiger partial charge in [0.2, 0.25) is 0 Å². The van der Waals surface area contributed by atoms with E-state index in [2.05, 4.69) is 24.1 Å². The average Bonchev–Trinajstić information content (AvgIpc) is 2.70. The van der Waals surface area contributed by atoms with Crippen LogP contribution in [-0.2, 0) is 4.79 Å². The van der Waals surface area contributed by atoms with E-state index in [4.69, 9.17) is 4.74 Å². The zero-order valence-corrected chi connectivity index (χ0v) is 17.4. The zero-order chi connectivity index (χ0) is 20.4. The van der Waals surface area contributed by atoms with E-state index in [0.29, 0.717) is 13.0 Å². The van der Waals surface area contributed by atoms with Gasteiger partial charge in [-0.15, -0.1) is 0 Å². The Bertz CT molecular complexity index is 674. The molecule has 0 aromatic heterocycles. The predicted octanol–water partition coefficient (Wildman–Crippen LogP) is 4.78. The number of ether oxygens (including phenoxy) is 1. The molecule has 0 saturated carbocycles. The van der Waals surface area contributed by atoms with Gasteiger partial charge in [-0.1, -0.05) is 44.9 Å². The average molecular weight is 387 g/mol. The molecule has 0 fully saturated rings. The van der Waals surface area contributed by atoms with Crippen molar-refractivity contribution in [3.8, 4) is 5.75 Å². The number of carboxylic acid groups (broad SMARTS) is 1. The molecule has 0 bridgehead atoms. The van der Waals surface area contributed by atoms with Crippen molar-refractivity contribution in [3.63, 3.8) is 0 Å². The molecule has 0 radical (unpaired) electrons. The Morgan fingerprint density at radius 2 is 1.79 bits per heavy atom. The van der Waals surface area contributed by atoms with E-state index < -0.39 is 11.9 Å². The molecule has 28 heavy (non-hydrogen) atoms. The first kappa shape index (κ1) is 21.9. The van der Waals surface area contributed by atoms with Crippen LogP contribution in [0.5, 0.6) is 5.75 Å². The lowest BCUT2D eigenvalue weighted by Gasteiger charge is -2.34. The van der Waals surface area contributed by atoms with Crippen LogP contribution in [0.15, 0.2) is 53.6 Å². The number of rotatable bonds is 12. The number of carboxylic acids is 1. The standard InChI is InChI=1S/C23H34N2O3/c1-4-7-14-25(15-8-5-2)21-17-18(23(26)27)16-20(24-6-3)22(21)28-19-12-10-9-11-13-19/h9-13,16,18,24H,4-8,14-15,17H2,1-3H3,(H,26,27). The van der Waals surface area contributed by atoms with Gasteiger partial charge >= 0.3 is 5.97 Å². The van der Waals surface area contributed by atoms with Crippen molar-refractivity contribution < 1.29 is 14.6 Å². The lowest BCUT2D eigenvalue weighted by atomic mass is 9.94. The Hall–Kier alpha value is -2.43. The van der Waals surface area contributed by atoms with Crippen molar-refractivity contribution in [1.29, 1.82) is 0 Å². The lowest BCUT2D eigenvalue weighted by molar-refractivity contribution is -0.140. The molecular weight excluding hydrogens is 352 g/mol. The molecule has 0 spiro atoms. The summed E-state index contributed by atoms with van der Waals surface area (Å²) < 4.78 is 6.32. The van der Waals surface area contributed by atoms with Crippen molar-refractivity contribution in [3.05, 3.63) is 53.6 Å². The Balaban J connectivity index is 2.47. The smallest absolute Gasteiger partial charge is 0.310 e. The van der Waals surface area contributed by atoms with Crippen LogP contribution >= 0.6 is 0 Å². The van der Waals surface area contributed by atoms with Gasteiger partial charge in [0.25, 0.3) is 0 Å². The summed E-state index contributed by atoms with van der Waals surface area (Å²) in [6.45, 7) is 8.91. The first-order valence-corrected chi connectivity index (χ1v) is 10.5. The minimum atomic E-state index is -0.794. The molecule has 0 saturated heterocycles. The number of para-hydroxylation sites is 1. The van der Waals surface area contributed by atoms with Gasteiger partial charge in [0.05, 0.1) is 17.3 Å². The van der Waals surface area contributed by atoms with Crippen molar-refractivity contribution in [2.45, 2.75) is 52.9 Å². The molecule has 1 aromatic rings. The molecule has 1 aliphatic rings. The summed E-state index contributed by atoms with van der Waals surface area (Å²) in [6, 6.07) is 9.71. The van der Waals surface area contributed by atoms with Gasteiger partial charge in [0.1, 0.15) is 5.75 Å². The highest BCUT2D eigenvalue weighted by molar-refractivity contribution is 5.73. The predicted molar refractivity (Wildman–Crippen MR) is 113 cm³/mol. The van der Waals surface area contributed by atoms with Gasteiger partial charge in [-0.05, 0) is 38.0 Å². The van der Waals surface area contributed by atoms with Crippen LogP contribution in [-0.4, -0.2) is 35.6 Å². The fourth-order valence-electron chi connectivity index (χ4n) is 3.35. The Labute approximate surface area is 169 Å². The van der Waals surface area contributed by atoms with Crippen LogP contribution in [0, 0.1) is 5.92 Å². The zero-order valence-electron chi connectivity index (χ0n) is 17.4. The van der Waals surface area contributed by atoms with E-state index in [-0.39, 0.29) is 0 Å². The van der Waals surface area contributed by atoms with E-state index in [1.165, 1.54) is 0 Å². The number of allylic oxidation sites excluding steroid dienone is 1. The Morgan fingerprint density at radius 3 is 2.32 bits per heavy atom. The van der Waals surface area contributed by atoms with Gasteiger partial charge in [-0.25, -0.2) is 0 Å². The minimum absolute atomic E-state index is 0.458. The summed E-state index contributed by atoms with van der Waals surface area (Å²) in [5, 5.41) is 13.0. The Kier molecular flexibility index (Phi) is 8.92. The van der Waals surface area contributed by atoms with Crippen LogP contribution in [0.3, 0.4) is 0 Å². The third-order valence-corrected chi connectivity index (χ3v) is 4.88. The third-order valence-electron chi connectivity index (χ3n) is 4.88. The Morgan fingerprint density at radius 1 is 1.14 bits per heavy atom. The van der Waals surface area contributed by atoms with Crippen molar-refractivity contribution >= 4 is 5.97 Å². The van der Waals surface area contributed by atoms with Gasteiger partial charge in [-0.3, -0.25) is 4.79 Å². The highest BCUT2D eigenvalue weighted by Gasteiger charge is 2.30. The summed E-state index contributed by atoms with van der Waals surface area (Å²) >= 11 is 0. The highest BCUT2D eigenvalue weighted by atomic mass is 16.5. The van der Waals surface area contributed by atoms with Gasteiger partial charge in [0.15, 0.2) is 5.76 Å². The lowest BCUT2D eigenvalue weighted by Crippen LogP contribution is -2.34. The van der Waals surface area contributed by atoms with Crippen molar-refractivity contribution in [2.24, 2.45) is 5.92 Å². The second kappa shape index (κ2) is 11.4. The van der Waals surface area contributed by atoms with E-state index >= 15 is 0 Å². The summed E-state index contributed by atoms with van der Waals surface area (Å²) in [4.78, 5) is 14.1. The SMILES string of the molecule is CCCCN(CCCC)C1=C(Oc2ccccc2)C(NCC)=CC(C(=O)O)C1. The van der Waals surface area contributed by atoms with E-state index in [1.807, 2.05) is 37.3 Å². The number of nitrogens with one attached hydrogen (secondary N) is 1. The van der Waals surface area contributed by atoms with Crippen LogP contribution in [0.1, 0.15) is 52.9 Å². The minimum Gasteiger partial charge on any atom is -0.481 e. The fraction of sp³-hybridized carbons (Fsp3) is 0.522. The van der Waals surface area contributed by atoms with Crippen molar-refractivity contribution in [1.82, 2.24) is 10.2 Å². The number of carbonyl (C=O) groups is 1. The van der Waals surface area contributed by atoms with E-state index in [9.17, 15) is 9.90 Å². The fourth-order valence-corrected chi connectivity index (χ4v) is 3.35. The molecule has 5 heteroatoms. The molecule has 0 aliphatic heterocycles. The van der Waals surface area contributed by atoms with E-state index in [1.54, 1.807) is 6.08 Å². The quantitative estimate of drug-likeness (QED) is 0.541. The molecule has 1 unspecified atom stereocenters. The highest BCUT2D eigenvalue weighted by Crippen LogP contribution is 2.32. The second-order valence-corrected chi connectivity index (χ2v) is 7.14. The molecule has 0 amide bonds. The maximum Gasteiger partial charge on any atom is 0.310 e. The third kappa shape index (κ3) is 6.04. The number of unbranched alkanes of at least 4 members (excludes halogenated alkanes) is 2. The maximum atomic E-state index is 11.8. The monoisotopic (exact) mass is 386 g/mol. The number of aliphatic carboxylic acids is 1. The molecule has 1 atom stereocenters. The van der Waals surface area contributed by atoms with Crippen LogP contribution in [0.25, 0.3) is 0 Å². The number of nitrogens with zero attached hydrogens (tertiary/aromatic N) is 1. The molecule has 154 valence electrons.